The molecule has 0 aliphatic rings. The monoisotopic (exact) mass is 378 g/mol. The summed E-state index contributed by atoms with van der Waals surface area (Å²) in [6.45, 7) is 3.47. The Bertz CT molecular complexity index is 849. The van der Waals surface area contributed by atoms with Crippen LogP contribution in [0.4, 0.5) is 0 Å². The van der Waals surface area contributed by atoms with Crippen molar-refractivity contribution >= 4 is 15.9 Å². The van der Waals surface area contributed by atoms with Crippen LogP contribution >= 0.6 is 0 Å². The first-order valence-electron chi connectivity index (χ1n) is 8.14. The molecule has 0 unspecified atom stereocenters. The van der Waals surface area contributed by atoms with E-state index >= 15 is 0 Å². The van der Waals surface area contributed by atoms with E-state index in [9.17, 15) is 18.3 Å². The van der Waals surface area contributed by atoms with Crippen LogP contribution in [0.5, 0.6) is 0 Å². The van der Waals surface area contributed by atoms with Crippen molar-refractivity contribution in [1.82, 2.24) is 20.0 Å². The second-order valence-corrected chi connectivity index (χ2v) is 7.48. The fourth-order valence-corrected chi connectivity index (χ4v) is 3.48. The van der Waals surface area contributed by atoms with Crippen molar-refractivity contribution < 1.29 is 18.3 Å². The zero-order valence-electron chi connectivity index (χ0n) is 14.6. The molecule has 0 bridgehead atoms. The molecule has 140 valence electrons. The van der Waals surface area contributed by atoms with Crippen LogP contribution in [0.2, 0.25) is 0 Å². The highest BCUT2D eigenvalue weighted by molar-refractivity contribution is 7.89. The van der Waals surface area contributed by atoms with Crippen molar-refractivity contribution in [1.29, 1.82) is 0 Å². The SMILES string of the molecule is CC[C@@H](CO)NS(=O)(=O)c1cccc(C(=O)NCc2cnc(C)cn2)c1. The number of aliphatic hydroxyl groups excluding tert-OH is 1. The van der Waals surface area contributed by atoms with Crippen LogP contribution in [0.25, 0.3) is 0 Å². The summed E-state index contributed by atoms with van der Waals surface area (Å²) in [7, 11) is -3.82. The van der Waals surface area contributed by atoms with Gasteiger partial charge in [-0.1, -0.05) is 13.0 Å². The molecule has 0 radical (unpaired) electrons. The molecule has 2 aromatic rings. The van der Waals surface area contributed by atoms with Crippen molar-refractivity contribution in [3.63, 3.8) is 0 Å². The summed E-state index contributed by atoms with van der Waals surface area (Å²) in [5, 5.41) is 11.9. The van der Waals surface area contributed by atoms with E-state index in [-0.39, 0.29) is 23.6 Å². The number of rotatable bonds is 8. The van der Waals surface area contributed by atoms with Gasteiger partial charge < -0.3 is 10.4 Å². The van der Waals surface area contributed by atoms with Gasteiger partial charge in [0.2, 0.25) is 10.0 Å². The minimum atomic E-state index is -3.82. The average molecular weight is 378 g/mol. The molecule has 3 N–H and O–H groups in total. The van der Waals surface area contributed by atoms with Crippen LogP contribution in [0, 0.1) is 6.92 Å². The van der Waals surface area contributed by atoms with E-state index in [0.717, 1.165) is 5.69 Å². The van der Waals surface area contributed by atoms with Crippen LogP contribution in [0.15, 0.2) is 41.6 Å². The Morgan fingerprint density at radius 1 is 1.27 bits per heavy atom. The molecule has 26 heavy (non-hydrogen) atoms. The van der Waals surface area contributed by atoms with Gasteiger partial charge >= 0.3 is 0 Å². The lowest BCUT2D eigenvalue weighted by Crippen LogP contribution is -2.37. The van der Waals surface area contributed by atoms with E-state index in [1.54, 1.807) is 19.3 Å². The summed E-state index contributed by atoms with van der Waals surface area (Å²) in [6.07, 6.45) is 3.62. The van der Waals surface area contributed by atoms with Gasteiger partial charge in [-0.15, -0.1) is 0 Å². The first-order chi connectivity index (χ1) is 12.4. The van der Waals surface area contributed by atoms with E-state index in [0.29, 0.717) is 12.1 Å². The maximum Gasteiger partial charge on any atom is 0.251 e. The summed E-state index contributed by atoms with van der Waals surface area (Å²) in [5.41, 5.74) is 1.59. The molecule has 0 saturated heterocycles. The van der Waals surface area contributed by atoms with Crippen LogP contribution < -0.4 is 10.0 Å². The highest BCUT2D eigenvalue weighted by Gasteiger charge is 2.19. The normalized spacial score (nSPS) is 12.6. The predicted octanol–water partition coefficient (Wildman–Crippen LogP) is 0.764. The van der Waals surface area contributed by atoms with Crippen molar-refractivity contribution in [3.05, 3.63) is 53.6 Å². The zero-order chi connectivity index (χ0) is 19.2. The zero-order valence-corrected chi connectivity index (χ0v) is 15.5. The summed E-state index contributed by atoms with van der Waals surface area (Å²) in [6, 6.07) is 5.14. The van der Waals surface area contributed by atoms with E-state index in [1.807, 2.05) is 6.92 Å². The maximum absolute atomic E-state index is 12.4. The van der Waals surface area contributed by atoms with Crippen LogP contribution in [-0.4, -0.2) is 42.0 Å². The number of hydrogen-bond acceptors (Lipinski definition) is 6. The molecule has 1 heterocycles. The van der Waals surface area contributed by atoms with Crippen LogP contribution in [-0.2, 0) is 16.6 Å². The fraction of sp³-hybridized carbons (Fsp3) is 0.353. The minimum Gasteiger partial charge on any atom is -0.395 e. The van der Waals surface area contributed by atoms with E-state index in [2.05, 4.69) is 20.0 Å². The second-order valence-electron chi connectivity index (χ2n) is 5.77. The van der Waals surface area contributed by atoms with Gasteiger partial charge in [-0.25, -0.2) is 13.1 Å². The van der Waals surface area contributed by atoms with Crippen molar-refractivity contribution in [2.75, 3.05) is 6.61 Å². The predicted molar refractivity (Wildman–Crippen MR) is 95.9 cm³/mol. The van der Waals surface area contributed by atoms with Gasteiger partial charge in [-0.3, -0.25) is 14.8 Å². The molecule has 0 fully saturated rings. The maximum atomic E-state index is 12.4. The number of aliphatic hydroxyl groups is 1. The Balaban J connectivity index is 2.09. The molecule has 1 atom stereocenters. The van der Waals surface area contributed by atoms with Crippen molar-refractivity contribution in [2.24, 2.45) is 0 Å². The minimum absolute atomic E-state index is 0.0350. The first kappa shape index (κ1) is 20.0. The van der Waals surface area contributed by atoms with E-state index in [1.165, 1.54) is 24.3 Å². The van der Waals surface area contributed by atoms with Crippen LogP contribution in [0.3, 0.4) is 0 Å². The van der Waals surface area contributed by atoms with Gasteiger partial charge in [0, 0.05) is 17.8 Å². The number of amides is 1. The van der Waals surface area contributed by atoms with Crippen molar-refractivity contribution in [2.45, 2.75) is 37.8 Å². The Kier molecular flexibility index (Phi) is 6.78. The summed E-state index contributed by atoms with van der Waals surface area (Å²) >= 11 is 0. The Hall–Kier alpha value is -2.36. The second kappa shape index (κ2) is 8.84. The van der Waals surface area contributed by atoms with Gasteiger partial charge in [-0.05, 0) is 31.5 Å². The third kappa shape index (κ3) is 5.32. The summed E-state index contributed by atoms with van der Waals surface area (Å²) in [4.78, 5) is 20.5. The lowest BCUT2D eigenvalue weighted by molar-refractivity contribution is 0.0950. The number of carbonyl (C=O) groups excluding carboxylic acids is 1. The molecular formula is C17H22N4O4S. The number of carbonyl (C=O) groups is 1. The number of aromatic nitrogens is 2. The smallest absolute Gasteiger partial charge is 0.251 e. The molecule has 0 saturated carbocycles. The fourth-order valence-electron chi connectivity index (χ4n) is 2.13. The van der Waals surface area contributed by atoms with Crippen LogP contribution in [0.1, 0.15) is 35.1 Å². The lowest BCUT2D eigenvalue weighted by Gasteiger charge is -2.14. The molecule has 8 nitrogen and oxygen atoms in total. The lowest BCUT2D eigenvalue weighted by atomic mass is 10.2. The molecular weight excluding hydrogens is 356 g/mol. The van der Waals surface area contributed by atoms with E-state index in [4.69, 9.17) is 0 Å². The molecule has 1 aromatic carbocycles. The first-order valence-corrected chi connectivity index (χ1v) is 9.63. The highest BCUT2D eigenvalue weighted by atomic mass is 32.2. The number of aryl methyl sites for hydroxylation is 1. The molecule has 1 amide bonds. The topological polar surface area (TPSA) is 121 Å². The van der Waals surface area contributed by atoms with Gasteiger partial charge in [0.25, 0.3) is 5.91 Å². The quantitative estimate of drug-likeness (QED) is 0.624. The Morgan fingerprint density at radius 3 is 2.65 bits per heavy atom. The number of nitrogens with zero attached hydrogens (tertiary/aromatic N) is 2. The molecule has 9 heteroatoms. The number of sulfonamides is 1. The third-order valence-electron chi connectivity index (χ3n) is 3.71. The highest BCUT2D eigenvalue weighted by Crippen LogP contribution is 2.13. The largest absolute Gasteiger partial charge is 0.395 e. The van der Waals surface area contributed by atoms with Gasteiger partial charge in [-0.2, -0.15) is 0 Å². The molecule has 0 aliphatic heterocycles. The standard InChI is InChI=1S/C17H22N4O4S/c1-3-14(11-22)21-26(24,25)16-6-4-5-13(7-16)17(23)20-10-15-9-18-12(2)8-19-15/h4-9,14,21-22H,3,10-11H2,1-2H3,(H,20,23)/t14-/m0/s1. The summed E-state index contributed by atoms with van der Waals surface area (Å²) in [5.74, 6) is -0.418. The average Bonchev–Trinajstić information content (AvgIpc) is 2.65. The molecule has 1 aromatic heterocycles. The number of nitrogens with one attached hydrogen (secondary N) is 2. The Morgan fingerprint density at radius 2 is 2.04 bits per heavy atom. The third-order valence-corrected chi connectivity index (χ3v) is 5.22. The molecule has 0 spiro atoms. The van der Waals surface area contributed by atoms with Crippen molar-refractivity contribution in [3.8, 4) is 0 Å². The van der Waals surface area contributed by atoms with Gasteiger partial charge in [0.05, 0.1) is 35.6 Å². The number of benzene rings is 1. The summed E-state index contributed by atoms with van der Waals surface area (Å²) < 4.78 is 27.2. The van der Waals surface area contributed by atoms with E-state index < -0.39 is 22.0 Å². The van der Waals surface area contributed by atoms with Gasteiger partial charge in [0.15, 0.2) is 0 Å². The number of hydrogen-bond donors (Lipinski definition) is 3. The Labute approximate surface area is 152 Å². The van der Waals surface area contributed by atoms with Gasteiger partial charge in [0.1, 0.15) is 0 Å². The molecule has 0 aliphatic carbocycles. The molecule has 2 rings (SSSR count).